The summed E-state index contributed by atoms with van der Waals surface area (Å²) in [4.78, 5) is 20.3. The van der Waals surface area contributed by atoms with Crippen LogP contribution in [-0.2, 0) is 0 Å². The van der Waals surface area contributed by atoms with Crippen LogP contribution in [0.5, 0.6) is 0 Å². The molecular weight excluding hydrogens is 432 g/mol. The number of hydrogen-bond acceptors (Lipinski definition) is 5. The molecule has 0 bridgehead atoms. The van der Waals surface area contributed by atoms with Crippen LogP contribution in [0, 0.1) is 11.6 Å². The summed E-state index contributed by atoms with van der Waals surface area (Å²) < 4.78 is 29.9. The lowest BCUT2D eigenvalue weighted by Crippen LogP contribution is -2.22. The molecule has 0 spiro atoms. The van der Waals surface area contributed by atoms with Crippen LogP contribution < -0.4 is 10.2 Å². The summed E-state index contributed by atoms with van der Waals surface area (Å²) in [6.07, 6.45) is 2.04. The lowest BCUT2D eigenvalue weighted by Gasteiger charge is -2.21. The number of halogens is 2. The highest BCUT2D eigenvalue weighted by Crippen LogP contribution is 2.32. The standard InChI is InChI=1S/C23H19F2N5OS/c24-15-6-3-7-16(14-15)30-22(19-10-5-13-32-19)27-21(28-30)23(31)26-20-17(25)8-4-9-18(20)29-11-1-2-12-29/h3-10,13-14H,1-2,11-12H2,(H,26,31). The highest BCUT2D eigenvalue weighted by Gasteiger charge is 2.24. The first-order chi connectivity index (χ1) is 15.6. The molecule has 3 heterocycles. The second kappa shape index (κ2) is 8.51. The van der Waals surface area contributed by atoms with Gasteiger partial charge in [0, 0.05) is 13.1 Å². The number of thiophene rings is 1. The van der Waals surface area contributed by atoms with Crippen LogP contribution in [0.3, 0.4) is 0 Å². The Morgan fingerprint density at radius 2 is 1.84 bits per heavy atom. The fourth-order valence-electron chi connectivity index (χ4n) is 3.79. The zero-order valence-electron chi connectivity index (χ0n) is 17.0. The SMILES string of the molecule is O=C(Nc1c(F)cccc1N1CCCC1)c1nc(-c2cccs2)n(-c2cccc(F)c2)n1. The Morgan fingerprint density at radius 1 is 1.03 bits per heavy atom. The summed E-state index contributed by atoms with van der Waals surface area (Å²) in [7, 11) is 0. The van der Waals surface area contributed by atoms with Crippen molar-refractivity contribution in [1.82, 2.24) is 14.8 Å². The number of amides is 1. The normalized spacial score (nSPS) is 13.5. The maximum atomic E-state index is 14.7. The van der Waals surface area contributed by atoms with Crippen molar-refractivity contribution >= 4 is 28.6 Å². The van der Waals surface area contributed by atoms with Gasteiger partial charge in [-0.1, -0.05) is 18.2 Å². The first-order valence-corrected chi connectivity index (χ1v) is 11.1. The highest BCUT2D eigenvalue weighted by atomic mass is 32.1. The van der Waals surface area contributed by atoms with Crippen molar-refractivity contribution < 1.29 is 13.6 Å². The molecule has 0 unspecified atom stereocenters. The number of rotatable bonds is 5. The van der Waals surface area contributed by atoms with Crippen LogP contribution in [-0.4, -0.2) is 33.8 Å². The Balaban J connectivity index is 1.52. The lowest BCUT2D eigenvalue weighted by molar-refractivity contribution is 0.101. The largest absolute Gasteiger partial charge is 0.370 e. The lowest BCUT2D eigenvalue weighted by atomic mass is 10.2. The molecule has 1 amide bonds. The van der Waals surface area contributed by atoms with Crippen molar-refractivity contribution in [3.63, 3.8) is 0 Å². The minimum atomic E-state index is -0.636. The van der Waals surface area contributed by atoms with E-state index in [2.05, 4.69) is 20.3 Å². The minimum absolute atomic E-state index is 0.110. The van der Waals surface area contributed by atoms with Crippen LogP contribution in [0.2, 0.25) is 0 Å². The Morgan fingerprint density at radius 3 is 2.59 bits per heavy atom. The van der Waals surface area contributed by atoms with Gasteiger partial charge in [-0.3, -0.25) is 4.79 Å². The third-order valence-electron chi connectivity index (χ3n) is 5.28. The van der Waals surface area contributed by atoms with E-state index >= 15 is 0 Å². The van der Waals surface area contributed by atoms with Gasteiger partial charge < -0.3 is 10.2 Å². The summed E-state index contributed by atoms with van der Waals surface area (Å²) in [5.41, 5.74) is 1.18. The van der Waals surface area contributed by atoms with E-state index in [4.69, 9.17) is 0 Å². The van der Waals surface area contributed by atoms with Gasteiger partial charge in [0.05, 0.1) is 16.3 Å². The number of nitrogens with one attached hydrogen (secondary N) is 1. The Hall–Kier alpha value is -3.59. The van der Waals surface area contributed by atoms with Gasteiger partial charge in [0.1, 0.15) is 17.3 Å². The molecule has 4 aromatic rings. The number of carbonyl (C=O) groups excluding carboxylic acids is 1. The van der Waals surface area contributed by atoms with Gasteiger partial charge in [0.15, 0.2) is 5.82 Å². The summed E-state index contributed by atoms with van der Waals surface area (Å²) in [6.45, 7) is 1.61. The molecule has 0 atom stereocenters. The van der Waals surface area contributed by atoms with Gasteiger partial charge in [-0.15, -0.1) is 16.4 Å². The summed E-state index contributed by atoms with van der Waals surface area (Å²) in [5.74, 6) is -1.31. The molecule has 1 aliphatic heterocycles. The van der Waals surface area contributed by atoms with E-state index in [0.717, 1.165) is 30.8 Å². The summed E-state index contributed by atoms with van der Waals surface area (Å²) in [6, 6.07) is 14.3. The smallest absolute Gasteiger partial charge is 0.295 e. The van der Waals surface area contributed by atoms with E-state index < -0.39 is 17.5 Å². The zero-order chi connectivity index (χ0) is 22.1. The van der Waals surface area contributed by atoms with Gasteiger partial charge in [-0.05, 0) is 54.6 Å². The maximum Gasteiger partial charge on any atom is 0.295 e. The van der Waals surface area contributed by atoms with Gasteiger partial charge in [-0.25, -0.2) is 18.4 Å². The molecule has 1 aliphatic rings. The van der Waals surface area contributed by atoms with Gasteiger partial charge >= 0.3 is 0 Å². The van der Waals surface area contributed by atoms with Crippen molar-refractivity contribution in [2.45, 2.75) is 12.8 Å². The van der Waals surface area contributed by atoms with Crippen molar-refractivity contribution in [3.05, 3.63) is 77.4 Å². The Labute approximate surface area is 187 Å². The van der Waals surface area contributed by atoms with E-state index in [1.165, 1.54) is 34.2 Å². The molecule has 5 rings (SSSR count). The maximum absolute atomic E-state index is 14.7. The van der Waals surface area contributed by atoms with Gasteiger partial charge in [-0.2, -0.15) is 0 Å². The number of nitrogens with zero attached hydrogens (tertiary/aromatic N) is 4. The second-order valence-electron chi connectivity index (χ2n) is 7.41. The fourth-order valence-corrected chi connectivity index (χ4v) is 4.49. The van der Waals surface area contributed by atoms with Gasteiger partial charge in [0.2, 0.25) is 5.82 Å². The van der Waals surface area contributed by atoms with E-state index in [1.807, 2.05) is 17.5 Å². The number of benzene rings is 2. The molecule has 0 radical (unpaired) electrons. The zero-order valence-corrected chi connectivity index (χ0v) is 17.8. The highest BCUT2D eigenvalue weighted by molar-refractivity contribution is 7.13. The van der Waals surface area contributed by atoms with E-state index in [0.29, 0.717) is 17.2 Å². The van der Waals surface area contributed by atoms with Crippen molar-refractivity contribution in [2.24, 2.45) is 0 Å². The predicted molar refractivity (Wildman–Crippen MR) is 120 cm³/mol. The van der Waals surface area contributed by atoms with Crippen LogP contribution in [0.4, 0.5) is 20.2 Å². The van der Waals surface area contributed by atoms with Crippen molar-refractivity contribution in [2.75, 3.05) is 23.3 Å². The molecule has 1 saturated heterocycles. The quantitative estimate of drug-likeness (QED) is 0.457. The fraction of sp³-hybridized carbons (Fsp3) is 0.174. The predicted octanol–water partition coefficient (Wildman–Crippen LogP) is 5.13. The molecule has 162 valence electrons. The Kier molecular flexibility index (Phi) is 5.40. The molecule has 32 heavy (non-hydrogen) atoms. The second-order valence-corrected chi connectivity index (χ2v) is 8.36. The third kappa shape index (κ3) is 3.87. The first kappa shape index (κ1) is 20.3. The molecule has 9 heteroatoms. The summed E-state index contributed by atoms with van der Waals surface area (Å²) >= 11 is 1.42. The number of anilines is 2. The third-order valence-corrected chi connectivity index (χ3v) is 6.15. The average Bonchev–Trinajstić information content (AvgIpc) is 3.55. The number of hydrogen-bond donors (Lipinski definition) is 1. The van der Waals surface area contributed by atoms with E-state index in [-0.39, 0.29) is 11.5 Å². The average molecular weight is 452 g/mol. The van der Waals surface area contributed by atoms with E-state index in [1.54, 1.807) is 24.3 Å². The number of carbonyl (C=O) groups is 1. The molecule has 2 aromatic heterocycles. The minimum Gasteiger partial charge on any atom is -0.370 e. The van der Waals surface area contributed by atoms with Crippen LogP contribution in [0.15, 0.2) is 60.0 Å². The van der Waals surface area contributed by atoms with E-state index in [9.17, 15) is 13.6 Å². The van der Waals surface area contributed by atoms with Crippen molar-refractivity contribution in [3.8, 4) is 16.4 Å². The first-order valence-electron chi connectivity index (χ1n) is 10.2. The van der Waals surface area contributed by atoms with Crippen LogP contribution >= 0.6 is 11.3 Å². The van der Waals surface area contributed by atoms with Crippen molar-refractivity contribution in [1.29, 1.82) is 0 Å². The molecule has 1 fully saturated rings. The van der Waals surface area contributed by atoms with Gasteiger partial charge in [0.25, 0.3) is 5.91 Å². The molecule has 6 nitrogen and oxygen atoms in total. The van der Waals surface area contributed by atoms with Crippen LogP contribution in [0.1, 0.15) is 23.5 Å². The molecule has 0 saturated carbocycles. The Bertz CT molecular complexity index is 1270. The molecule has 1 N–H and O–H groups in total. The monoisotopic (exact) mass is 451 g/mol. The molecule has 2 aromatic carbocycles. The number of para-hydroxylation sites is 1. The summed E-state index contributed by atoms with van der Waals surface area (Å²) in [5, 5.41) is 8.86. The van der Waals surface area contributed by atoms with Crippen LogP contribution in [0.25, 0.3) is 16.4 Å². The topological polar surface area (TPSA) is 63.1 Å². The number of aromatic nitrogens is 3. The molecule has 0 aliphatic carbocycles. The molecular formula is C23H19F2N5OS.